The van der Waals surface area contributed by atoms with E-state index < -0.39 is 0 Å². The predicted molar refractivity (Wildman–Crippen MR) is 85.2 cm³/mol. The van der Waals surface area contributed by atoms with Gasteiger partial charge in [-0.05, 0) is 18.1 Å². The number of rotatable bonds is 6. The van der Waals surface area contributed by atoms with Gasteiger partial charge in [0.1, 0.15) is 11.9 Å². The molecular formula is C16H21N5O2. The van der Waals surface area contributed by atoms with Crippen LogP contribution in [-0.2, 0) is 13.0 Å². The van der Waals surface area contributed by atoms with Crippen molar-refractivity contribution in [2.75, 3.05) is 20.1 Å². The number of nitrogens with one attached hydrogen (secondary N) is 1. The van der Waals surface area contributed by atoms with Crippen LogP contribution in [0.1, 0.15) is 12.0 Å². The van der Waals surface area contributed by atoms with Crippen LogP contribution < -0.4 is 10.1 Å². The first-order valence-corrected chi connectivity index (χ1v) is 7.80. The van der Waals surface area contributed by atoms with Crippen LogP contribution in [0.3, 0.4) is 0 Å². The van der Waals surface area contributed by atoms with Gasteiger partial charge < -0.3 is 15.0 Å². The predicted octanol–water partition coefficient (Wildman–Crippen LogP) is 1.31. The molecule has 2 aromatic rings. The summed E-state index contributed by atoms with van der Waals surface area (Å²) in [5, 5.41) is 10.5. The highest BCUT2D eigenvalue weighted by Crippen LogP contribution is 2.28. The van der Waals surface area contributed by atoms with E-state index in [1.807, 2.05) is 24.4 Å². The fraction of sp³-hybridized carbons (Fsp3) is 0.438. The molecule has 122 valence electrons. The number of benzene rings is 1. The summed E-state index contributed by atoms with van der Waals surface area (Å²) in [6.07, 6.45) is 5.14. The standard InChI is InChI=1S/C16H21N5O2/c1-20(12-14-11-13-5-2-3-6-15(13)23-14)16(22)17-7-4-9-21-10-8-18-19-21/h2-3,5-6,8,10,14H,4,7,9,11-12H2,1H3,(H,17,22). The fourth-order valence-electron chi connectivity index (χ4n) is 2.67. The highest BCUT2D eigenvalue weighted by Gasteiger charge is 2.24. The van der Waals surface area contributed by atoms with Gasteiger partial charge in [0.15, 0.2) is 0 Å². The molecule has 0 saturated heterocycles. The summed E-state index contributed by atoms with van der Waals surface area (Å²) in [6.45, 7) is 1.92. The number of nitrogens with zero attached hydrogens (tertiary/aromatic N) is 4. The number of fused-ring (bicyclic) bond motifs is 1. The van der Waals surface area contributed by atoms with E-state index in [-0.39, 0.29) is 12.1 Å². The molecule has 0 radical (unpaired) electrons. The molecule has 1 unspecified atom stereocenters. The lowest BCUT2D eigenvalue weighted by Crippen LogP contribution is -2.42. The molecule has 7 nitrogen and oxygen atoms in total. The molecule has 0 spiro atoms. The topological polar surface area (TPSA) is 72.3 Å². The van der Waals surface area contributed by atoms with Crippen molar-refractivity contribution in [3.05, 3.63) is 42.2 Å². The first-order valence-electron chi connectivity index (χ1n) is 7.80. The van der Waals surface area contributed by atoms with Gasteiger partial charge in [-0.25, -0.2) is 4.79 Å². The molecule has 23 heavy (non-hydrogen) atoms. The monoisotopic (exact) mass is 315 g/mol. The van der Waals surface area contributed by atoms with Gasteiger partial charge in [0.05, 0.1) is 12.7 Å². The average molecular weight is 315 g/mol. The highest BCUT2D eigenvalue weighted by molar-refractivity contribution is 5.73. The minimum Gasteiger partial charge on any atom is -0.488 e. The molecule has 1 aromatic heterocycles. The van der Waals surface area contributed by atoms with Crippen molar-refractivity contribution in [3.8, 4) is 5.75 Å². The minimum absolute atomic E-state index is 0.0262. The fourth-order valence-corrected chi connectivity index (χ4v) is 2.67. The van der Waals surface area contributed by atoms with Crippen LogP contribution in [0.4, 0.5) is 4.79 Å². The molecule has 2 amide bonds. The van der Waals surface area contributed by atoms with Crippen LogP contribution in [0.15, 0.2) is 36.7 Å². The van der Waals surface area contributed by atoms with Crippen molar-refractivity contribution >= 4 is 6.03 Å². The van der Waals surface area contributed by atoms with Gasteiger partial charge in [-0.2, -0.15) is 0 Å². The summed E-state index contributed by atoms with van der Waals surface area (Å²) in [7, 11) is 1.79. The zero-order valence-electron chi connectivity index (χ0n) is 13.2. The number of aryl methyl sites for hydroxylation is 1. The third-order valence-corrected chi connectivity index (χ3v) is 3.85. The first kappa shape index (κ1) is 15.3. The summed E-state index contributed by atoms with van der Waals surface area (Å²) >= 11 is 0. The molecule has 1 aromatic carbocycles. The van der Waals surface area contributed by atoms with Crippen LogP contribution >= 0.6 is 0 Å². The molecule has 0 aliphatic carbocycles. The van der Waals surface area contributed by atoms with Crippen LogP contribution in [0.2, 0.25) is 0 Å². The maximum atomic E-state index is 12.1. The number of hydrogen-bond acceptors (Lipinski definition) is 4. The van der Waals surface area contributed by atoms with Crippen LogP contribution in [0.5, 0.6) is 5.75 Å². The maximum absolute atomic E-state index is 12.1. The average Bonchev–Trinajstić information content (AvgIpc) is 3.19. The van der Waals surface area contributed by atoms with Gasteiger partial charge in [-0.15, -0.1) is 5.10 Å². The lowest BCUT2D eigenvalue weighted by molar-refractivity contribution is 0.164. The Hall–Kier alpha value is -2.57. The smallest absolute Gasteiger partial charge is 0.317 e. The highest BCUT2D eigenvalue weighted by atomic mass is 16.5. The maximum Gasteiger partial charge on any atom is 0.317 e. The van der Waals surface area contributed by atoms with E-state index in [0.29, 0.717) is 13.1 Å². The Morgan fingerprint density at radius 3 is 3.13 bits per heavy atom. The quantitative estimate of drug-likeness (QED) is 0.816. The molecule has 1 atom stereocenters. The molecule has 7 heteroatoms. The first-order chi connectivity index (χ1) is 11.2. The van der Waals surface area contributed by atoms with Gasteiger partial charge in [0.2, 0.25) is 0 Å². The van der Waals surface area contributed by atoms with E-state index in [1.54, 1.807) is 22.8 Å². The van der Waals surface area contributed by atoms with Gasteiger partial charge in [0, 0.05) is 32.8 Å². The number of likely N-dealkylation sites (N-methyl/N-ethyl adjacent to an activating group) is 1. The van der Waals surface area contributed by atoms with E-state index in [1.165, 1.54) is 5.56 Å². The summed E-state index contributed by atoms with van der Waals surface area (Å²) < 4.78 is 7.61. The summed E-state index contributed by atoms with van der Waals surface area (Å²) in [4.78, 5) is 13.8. The zero-order chi connectivity index (χ0) is 16.1. The number of carbonyl (C=O) groups excluding carboxylic acids is 1. The van der Waals surface area contributed by atoms with Crippen molar-refractivity contribution in [3.63, 3.8) is 0 Å². The molecular weight excluding hydrogens is 294 g/mol. The van der Waals surface area contributed by atoms with E-state index in [9.17, 15) is 4.79 Å². The molecule has 3 rings (SSSR count). The van der Waals surface area contributed by atoms with Gasteiger partial charge in [-0.1, -0.05) is 23.4 Å². The molecule has 0 saturated carbocycles. The molecule has 2 heterocycles. The van der Waals surface area contributed by atoms with Crippen molar-refractivity contribution in [1.82, 2.24) is 25.2 Å². The minimum atomic E-state index is -0.0804. The summed E-state index contributed by atoms with van der Waals surface area (Å²) in [5.41, 5.74) is 1.21. The van der Waals surface area contributed by atoms with Gasteiger partial charge >= 0.3 is 6.03 Å². The summed E-state index contributed by atoms with van der Waals surface area (Å²) in [5.74, 6) is 0.930. The van der Waals surface area contributed by atoms with Crippen molar-refractivity contribution in [2.24, 2.45) is 0 Å². The molecule has 1 aliphatic rings. The van der Waals surface area contributed by atoms with E-state index in [0.717, 1.165) is 25.1 Å². The number of aromatic nitrogens is 3. The van der Waals surface area contributed by atoms with Crippen molar-refractivity contribution in [1.29, 1.82) is 0 Å². The second-order valence-corrected chi connectivity index (χ2v) is 5.68. The Bertz CT molecular complexity index is 619. The van der Waals surface area contributed by atoms with Crippen LogP contribution in [0, 0.1) is 0 Å². The number of hydrogen-bond donors (Lipinski definition) is 1. The van der Waals surface area contributed by atoms with Crippen molar-refractivity contribution < 1.29 is 9.53 Å². The Morgan fingerprint density at radius 1 is 1.48 bits per heavy atom. The molecule has 0 fully saturated rings. The van der Waals surface area contributed by atoms with E-state index >= 15 is 0 Å². The zero-order valence-corrected chi connectivity index (χ0v) is 13.2. The second kappa shape index (κ2) is 7.13. The Morgan fingerprint density at radius 2 is 2.35 bits per heavy atom. The van der Waals surface area contributed by atoms with Gasteiger partial charge in [-0.3, -0.25) is 4.68 Å². The van der Waals surface area contributed by atoms with Crippen LogP contribution in [-0.4, -0.2) is 52.2 Å². The number of urea groups is 1. The SMILES string of the molecule is CN(CC1Cc2ccccc2O1)C(=O)NCCCn1ccnn1. The Labute approximate surface area is 135 Å². The normalized spacial score (nSPS) is 15.8. The second-order valence-electron chi connectivity index (χ2n) is 5.68. The van der Waals surface area contributed by atoms with E-state index in [2.05, 4.69) is 21.7 Å². The third kappa shape index (κ3) is 4.00. The number of amides is 2. The number of ether oxygens (including phenoxy) is 1. The summed E-state index contributed by atoms with van der Waals surface area (Å²) in [6, 6.07) is 7.94. The lowest BCUT2D eigenvalue weighted by atomic mass is 10.1. The largest absolute Gasteiger partial charge is 0.488 e. The van der Waals surface area contributed by atoms with Gasteiger partial charge in [0.25, 0.3) is 0 Å². The van der Waals surface area contributed by atoms with E-state index in [4.69, 9.17) is 4.74 Å². The Balaban J connectivity index is 1.37. The van der Waals surface area contributed by atoms with Crippen LogP contribution in [0.25, 0.3) is 0 Å². The lowest BCUT2D eigenvalue weighted by Gasteiger charge is -2.21. The molecule has 1 N–H and O–H groups in total. The third-order valence-electron chi connectivity index (χ3n) is 3.85. The Kier molecular flexibility index (Phi) is 4.75. The van der Waals surface area contributed by atoms with Crippen molar-refractivity contribution in [2.45, 2.75) is 25.5 Å². The number of para-hydroxylation sites is 1. The molecule has 0 bridgehead atoms. The molecule has 1 aliphatic heterocycles. The number of carbonyl (C=O) groups is 1.